The third-order valence-electron chi connectivity index (χ3n) is 2.23. The zero-order valence-corrected chi connectivity index (χ0v) is 9.30. The van der Waals surface area contributed by atoms with E-state index in [9.17, 15) is 4.39 Å². The molecule has 0 bridgehead atoms. The fraction of sp³-hybridized carbons (Fsp3) is 0.455. The van der Waals surface area contributed by atoms with Crippen LogP contribution in [0.2, 0.25) is 0 Å². The van der Waals surface area contributed by atoms with Crippen LogP contribution < -0.4 is 0 Å². The van der Waals surface area contributed by atoms with Gasteiger partial charge in [-0.15, -0.1) is 0 Å². The Hall–Kier alpha value is -1.58. The number of benzene rings is 1. The SMILES string of the molecule is CN(CCCN=[N+]=[N-])Cc1ccc(F)cc1. The molecule has 0 spiro atoms. The highest BCUT2D eigenvalue weighted by molar-refractivity contribution is 5.15. The summed E-state index contributed by atoms with van der Waals surface area (Å²) in [6, 6.07) is 6.48. The van der Waals surface area contributed by atoms with Gasteiger partial charge in [0, 0.05) is 18.0 Å². The zero-order valence-electron chi connectivity index (χ0n) is 9.30. The molecule has 4 nitrogen and oxygen atoms in total. The average molecular weight is 222 g/mol. The highest BCUT2D eigenvalue weighted by Crippen LogP contribution is 2.05. The average Bonchev–Trinajstić information content (AvgIpc) is 2.28. The number of rotatable bonds is 6. The largest absolute Gasteiger partial charge is 0.302 e. The Labute approximate surface area is 94.3 Å². The summed E-state index contributed by atoms with van der Waals surface area (Å²) in [7, 11) is 1.99. The van der Waals surface area contributed by atoms with Crippen LogP contribution in [0.25, 0.3) is 10.4 Å². The van der Waals surface area contributed by atoms with Crippen LogP contribution in [0.15, 0.2) is 29.4 Å². The highest BCUT2D eigenvalue weighted by atomic mass is 19.1. The van der Waals surface area contributed by atoms with Gasteiger partial charge in [-0.05, 0) is 43.2 Å². The van der Waals surface area contributed by atoms with Crippen LogP contribution in [0, 0.1) is 5.82 Å². The molecule has 0 fully saturated rings. The summed E-state index contributed by atoms with van der Waals surface area (Å²) in [5.74, 6) is -0.213. The Morgan fingerprint density at radius 1 is 1.38 bits per heavy atom. The minimum Gasteiger partial charge on any atom is -0.302 e. The second kappa shape index (κ2) is 6.82. The fourth-order valence-corrected chi connectivity index (χ4v) is 1.44. The predicted octanol–water partition coefficient (Wildman–Crippen LogP) is 2.96. The molecule has 16 heavy (non-hydrogen) atoms. The molecular weight excluding hydrogens is 207 g/mol. The maximum atomic E-state index is 12.7. The van der Waals surface area contributed by atoms with Gasteiger partial charge in [0.1, 0.15) is 5.82 Å². The van der Waals surface area contributed by atoms with E-state index in [-0.39, 0.29) is 5.82 Å². The van der Waals surface area contributed by atoms with Gasteiger partial charge < -0.3 is 4.90 Å². The van der Waals surface area contributed by atoms with Gasteiger partial charge in [-0.1, -0.05) is 17.2 Å². The number of hydrogen-bond donors (Lipinski definition) is 0. The minimum absolute atomic E-state index is 0.213. The molecule has 0 amide bonds. The van der Waals surface area contributed by atoms with Gasteiger partial charge in [0.15, 0.2) is 0 Å². The van der Waals surface area contributed by atoms with Crippen molar-refractivity contribution in [2.75, 3.05) is 20.1 Å². The second-order valence-electron chi connectivity index (χ2n) is 3.67. The van der Waals surface area contributed by atoms with Crippen molar-refractivity contribution in [3.05, 3.63) is 46.1 Å². The summed E-state index contributed by atoms with van der Waals surface area (Å²) < 4.78 is 12.7. The lowest BCUT2D eigenvalue weighted by molar-refractivity contribution is 0.324. The molecule has 0 aliphatic rings. The van der Waals surface area contributed by atoms with Crippen molar-refractivity contribution in [3.8, 4) is 0 Å². The van der Waals surface area contributed by atoms with Gasteiger partial charge in [-0.25, -0.2) is 4.39 Å². The van der Waals surface area contributed by atoms with Gasteiger partial charge in [0.05, 0.1) is 0 Å². The molecule has 0 radical (unpaired) electrons. The molecular formula is C11H15FN4. The van der Waals surface area contributed by atoms with Crippen molar-refractivity contribution < 1.29 is 4.39 Å². The van der Waals surface area contributed by atoms with Crippen molar-refractivity contribution in [1.29, 1.82) is 0 Å². The number of azide groups is 1. The molecule has 5 heteroatoms. The lowest BCUT2D eigenvalue weighted by Gasteiger charge is -2.15. The molecule has 0 aliphatic heterocycles. The molecule has 0 aliphatic carbocycles. The molecule has 0 heterocycles. The molecule has 0 N–H and O–H groups in total. The summed E-state index contributed by atoms with van der Waals surface area (Å²) >= 11 is 0. The monoisotopic (exact) mass is 222 g/mol. The Balaban J connectivity index is 2.30. The normalized spacial score (nSPS) is 10.2. The van der Waals surface area contributed by atoms with Gasteiger partial charge in [-0.3, -0.25) is 0 Å². The smallest absolute Gasteiger partial charge is 0.123 e. The number of hydrogen-bond acceptors (Lipinski definition) is 2. The predicted molar refractivity (Wildman–Crippen MR) is 61.4 cm³/mol. The van der Waals surface area contributed by atoms with Crippen molar-refractivity contribution in [1.82, 2.24) is 4.90 Å². The third-order valence-corrected chi connectivity index (χ3v) is 2.23. The van der Waals surface area contributed by atoms with Crippen LogP contribution in [0.4, 0.5) is 4.39 Å². The molecule has 0 unspecified atom stereocenters. The molecule has 86 valence electrons. The summed E-state index contributed by atoms with van der Waals surface area (Å²) in [4.78, 5) is 4.80. The topological polar surface area (TPSA) is 52.0 Å². The molecule has 0 saturated heterocycles. The van der Waals surface area contributed by atoms with Crippen LogP contribution in [0.3, 0.4) is 0 Å². The van der Waals surface area contributed by atoms with Crippen LogP contribution in [-0.4, -0.2) is 25.0 Å². The molecule has 0 atom stereocenters. The lowest BCUT2D eigenvalue weighted by Crippen LogP contribution is -2.19. The lowest BCUT2D eigenvalue weighted by atomic mass is 10.2. The van der Waals surface area contributed by atoms with E-state index >= 15 is 0 Å². The summed E-state index contributed by atoms with van der Waals surface area (Å²) in [5, 5.41) is 3.47. The Kier molecular flexibility index (Phi) is 5.32. The molecule has 1 rings (SSSR count). The van der Waals surface area contributed by atoms with Crippen molar-refractivity contribution >= 4 is 0 Å². The first-order chi connectivity index (χ1) is 7.72. The van der Waals surface area contributed by atoms with Gasteiger partial charge in [0.25, 0.3) is 0 Å². The van der Waals surface area contributed by atoms with E-state index in [2.05, 4.69) is 14.9 Å². The van der Waals surface area contributed by atoms with E-state index < -0.39 is 0 Å². The summed E-state index contributed by atoms with van der Waals surface area (Å²) in [6.07, 6.45) is 0.835. The van der Waals surface area contributed by atoms with Crippen molar-refractivity contribution in [2.24, 2.45) is 5.11 Å². The quantitative estimate of drug-likeness (QED) is 0.316. The van der Waals surface area contributed by atoms with Crippen LogP contribution >= 0.6 is 0 Å². The van der Waals surface area contributed by atoms with Gasteiger partial charge in [0.2, 0.25) is 0 Å². The number of halogens is 1. The first-order valence-corrected chi connectivity index (χ1v) is 5.16. The third kappa shape index (κ3) is 4.77. The van der Waals surface area contributed by atoms with Gasteiger partial charge in [-0.2, -0.15) is 0 Å². The first-order valence-electron chi connectivity index (χ1n) is 5.16. The van der Waals surface area contributed by atoms with Gasteiger partial charge >= 0.3 is 0 Å². The van der Waals surface area contributed by atoms with E-state index in [1.54, 1.807) is 12.1 Å². The van der Waals surface area contributed by atoms with Crippen LogP contribution in [-0.2, 0) is 6.54 Å². The fourth-order valence-electron chi connectivity index (χ4n) is 1.44. The van der Waals surface area contributed by atoms with E-state index in [4.69, 9.17) is 5.53 Å². The molecule has 0 aromatic heterocycles. The minimum atomic E-state index is -0.213. The van der Waals surface area contributed by atoms with E-state index in [0.29, 0.717) is 6.54 Å². The highest BCUT2D eigenvalue weighted by Gasteiger charge is 1.99. The second-order valence-corrected chi connectivity index (χ2v) is 3.67. The Bertz CT molecular complexity index is 357. The molecule has 1 aromatic rings. The van der Waals surface area contributed by atoms with E-state index in [1.165, 1.54) is 12.1 Å². The summed E-state index contributed by atoms with van der Waals surface area (Å²) in [6.45, 7) is 2.15. The molecule has 0 saturated carbocycles. The molecule has 1 aromatic carbocycles. The Morgan fingerprint density at radius 3 is 2.69 bits per heavy atom. The van der Waals surface area contributed by atoms with Crippen molar-refractivity contribution in [3.63, 3.8) is 0 Å². The van der Waals surface area contributed by atoms with E-state index in [1.807, 2.05) is 7.05 Å². The maximum Gasteiger partial charge on any atom is 0.123 e. The maximum absolute atomic E-state index is 12.7. The van der Waals surface area contributed by atoms with E-state index in [0.717, 1.165) is 25.1 Å². The number of nitrogens with zero attached hydrogens (tertiary/aromatic N) is 4. The zero-order chi connectivity index (χ0) is 11.8. The standard InChI is InChI=1S/C11H15FN4/c1-16(8-2-7-14-15-13)9-10-3-5-11(12)6-4-10/h3-6H,2,7-9H2,1H3. The first kappa shape index (κ1) is 12.5. The van der Waals surface area contributed by atoms with Crippen molar-refractivity contribution in [2.45, 2.75) is 13.0 Å². The van der Waals surface area contributed by atoms with Crippen LogP contribution in [0.5, 0.6) is 0 Å². The Morgan fingerprint density at radius 2 is 2.06 bits per heavy atom. The van der Waals surface area contributed by atoms with Crippen LogP contribution in [0.1, 0.15) is 12.0 Å². The summed E-state index contributed by atoms with van der Waals surface area (Å²) in [5.41, 5.74) is 9.18.